The highest BCUT2D eigenvalue weighted by molar-refractivity contribution is 7.16. The van der Waals surface area contributed by atoms with Gasteiger partial charge < -0.3 is 4.57 Å². The van der Waals surface area contributed by atoms with E-state index in [2.05, 4.69) is 20.7 Å². The van der Waals surface area contributed by atoms with Crippen molar-refractivity contribution < 1.29 is 0 Å². The molecule has 3 heterocycles. The lowest BCUT2D eigenvalue weighted by molar-refractivity contribution is 0.654. The largest absolute Gasteiger partial charge is 0.312 e. The van der Waals surface area contributed by atoms with Crippen LogP contribution in [0.3, 0.4) is 0 Å². The van der Waals surface area contributed by atoms with Crippen molar-refractivity contribution in [3.63, 3.8) is 0 Å². The fourth-order valence-electron chi connectivity index (χ4n) is 2.42. The second-order valence-electron chi connectivity index (χ2n) is 4.65. The molecule has 3 aromatic rings. The summed E-state index contributed by atoms with van der Waals surface area (Å²) < 4.78 is 4.84. The lowest BCUT2D eigenvalue weighted by Crippen LogP contribution is -2.08. The Kier molecular flexibility index (Phi) is 3.75. The average Bonchev–Trinajstić information content (AvgIpc) is 3.05. The fourth-order valence-corrected chi connectivity index (χ4v) is 3.71. The molecule has 0 radical (unpaired) electrons. The molecule has 4 nitrogen and oxygen atoms in total. The van der Waals surface area contributed by atoms with Crippen LogP contribution in [0, 0.1) is 6.92 Å². The van der Waals surface area contributed by atoms with Gasteiger partial charge in [-0.3, -0.25) is 4.68 Å². The summed E-state index contributed by atoms with van der Waals surface area (Å²) in [6, 6.07) is 4.00. The van der Waals surface area contributed by atoms with Crippen LogP contribution in [0.4, 0.5) is 0 Å². The summed E-state index contributed by atoms with van der Waals surface area (Å²) in [5, 5.41) is 4.42. The minimum atomic E-state index is 0.402. The average molecular weight is 329 g/mol. The second-order valence-corrected chi connectivity index (χ2v) is 6.72. The van der Waals surface area contributed by atoms with Crippen LogP contribution in [-0.4, -0.2) is 19.3 Å². The van der Waals surface area contributed by atoms with E-state index in [1.165, 1.54) is 4.88 Å². The molecule has 3 aromatic heterocycles. The zero-order chi connectivity index (χ0) is 14.3. The third kappa shape index (κ3) is 2.34. The van der Waals surface area contributed by atoms with Gasteiger partial charge in [-0.25, -0.2) is 4.98 Å². The van der Waals surface area contributed by atoms with Gasteiger partial charge in [0.15, 0.2) is 5.65 Å². The number of hydrogen-bond donors (Lipinski definition) is 0. The summed E-state index contributed by atoms with van der Waals surface area (Å²) in [6.07, 6.45) is 0.914. The first-order chi connectivity index (χ1) is 9.60. The lowest BCUT2D eigenvalue weighted by atomic mass is 10.3. The zero-order valence-electron chi connectivity index (χ0n) is 11.2. The maximum atomic E-state index is 6.02. The van der Waals surface area contributed by atoms with Crippen LogP contribution in [-0.2, 0) is 25.9 Å². The smallest absolute Gasteiger partial charge is 0.158 e. The first-order valence-electron chi connectivity index (χ1n) is 6.29. The first kappa shape index (κ1) is 13.9. The predicted molar refractivity (Wildman–Crippen MR) is 83.8 cm³/mol. The van der Waals surface area contributed by atoms with Crippen molar-refractivity contribution in [3.05, 3.63) is 32.9 Å². The molecule has 0 saturated carbocycles. The molecule has 20 heavy (non-hydrogen) atoms. The molecule has 0 bridgehead atoms. The Morgan fingerprint density at radius 2 is 2.15 bits per heavy atom. The molecule has 0 N–H and O–H groups in total. The SMILES string of the molecule is Cc1nn(C)c2c1nc(CCl)n2CCc1ccc(Cl)s1. The summed E-state index contributed by atoms with van der Waals surface area (Å²) in [6.45, 7) is 2.80. The molecule has 0 aliphatic heterocycles. The van der Waals surface area contributed by atoms with Crippen molar-refractivity contribution in [1.82, 2.24) is 19.3 Å². The molecule has 0 aliphatic rings. The molecule has 0 unspecified atom stereocenters. The number of nitrogens with zero attached hydrogens (tertiary/aromatic N) is 4. The monoisotopic (exact) mass is 328 g/mol. The zero-order valence-corrected chi connectivity index (χ0v) is 13.6. The Bertz CT molecular complexity index is 756. The van der Waals surface area contributed by atoms with E-state index < -0.39 is 0 Å². The number of thiophene rings is 1. The van der Waals surface area contributed by atoms with Gasteiger partial charge in [0, 0.05) is 18.5 Å². The van der Waals surface area contributed by atoms with E-state index in [1.54, 1.807) is 11.3 Å². The number of rotatable bonds is 4. The van der Waals surface area contributed by atoms with Gasteiger partial charge in [-0.05, 0) is 25.5 Å². The van der Waals surface area contributed by atoms with E-state index in [9.17, 15) is 0 Å². The Balaban J connectivity index is 1.96. The molecule has 3 rings (SSSR count). The Morgan fingerprint density at radius 1 is 1.35 bits per heavy atom. The molecular formula is C13H14Cl2N4S. The lowest BCUT2D eigenvalue weighted by Gasteiger charge is -2.07. The van der Waals surface area contributed by atoms with Crippen LogP contribution < -0.4 is 0 Å². The van der Waals surface area contributed by atoms with Crippen LogP contribution in [0.1, 0.15) is 16.4 Å². The Hall–Kier alpha value is -1.04. The van der Waals surface area contributed by atoms with Crippen molar-refractivity contribution >= 4 is 45.7 Å². The van der Waals surface area contributed by atoms with E-state index in [1.807, 2.05) is 24.7 Å². The van der Waals surface area contributed by atoms with E-state index in [4.69, 9.17) is 23.2 Å². The van der Waals surface area contributed by atoms with Gasteiger partial charge in [-0.2, -0.15) is 5.10 Å². The molecule has 0 atom stereocenters. The molecule has 106 valence electrons. The normalized spacial score (nSPS) is 11.6. The quantitative estimate of drug-likeness (QED) is 0.683. The number of fused-ring (bicyclic) bond motifs is 1. The highest BCUT2D eigenvalue weighted by Gasteiger charge is 2.16. The van der Waals surface area contributed by atoms with Crippen LogP contribution in [0.15, 0.2) is 12.1 Å². The Labute approximate surface area is 130 Å². The summed E-state index contributed by atoms with van der Waals surface area (Å²) in [4.78, 5) is 5.85. The van der Waals surface area contributed by atoms with Crippen molar-refractivity contribution in [2.45, 2.75) is 25.8 Å². The summed E-state index contributed by atoms with van der Waals surface area (Å²) in [7, 11) is 1.94. The van der Waals surface area contributed by atoms with Crippen molar-refractivity contribution in [2.75, 3.05) is 0 Å². The van der Waals surface area contributed by atoms with Gasteiger partial charge in [0.1, 0.15) is 11.3 Å². The standard InChI is InChI=1S/C13H14Cl2N4S/c1-8-12-13(18(2)17-8)19(11(7-14)16-12)6-5-9-3-4-10(15)20-9/h3-4H,5-7H2,1-2H3. The Morgan fingerprint density at radius 3 is 2.80 bits per heavy atom. The van der Waals surface area contributed by atoms with E-state index in [0.717, 1.165) is 40.0 Å². The molecule has 7 heteroatoms. The predicted octanol–water partition coefficient (Wildman–Crippen LogP) is 3.77. The maximum absolute atomic E-state index is 6.02. The highest BCUT2D eigenvalue weighted by atomic mass is 35.5. The number of aromatic nitrogens is 4. The number of hydrogen-bond acceptors (Lipinski definition) is 3. The molecule has 0 aromatic carbocycles. The molecule has 0 saturated heterocycles. The topological polar surface area (TPSA) is 35.6 Å². The van der Waals surface area contributed by atoms with Gasteiger partial charge >= 0.3 is 0 Å². The van der Waals surface area contributed by atoms with E-state index >= 15 is 0 Å². The van der Waals surface area contributed by atoms with Crippen LogP contribution in [0.5, 0.6) is 0 Å². The van der Waals surface area contributed by atoms with Gasteiger partial charge in [-0.15, -0.1) is 22.9 Å². The first-order valence-corrected chi connectivity index (χ1v) is 8.02. The summed E-state index contributed by atoms with van der Waals surface area (Å²) in [5.41, 5.74) is 2.90. The van der Waals surface area contributed by atoms with Crippen LogP contribution in [0.2, 0.25) is 4.34 Å². The van der Waals surface area contributed by atoms with E-state index in [0.29, 0.717) is 5.88 Å². The molecule has 0 aliphatic carbocycles. The van der Waals surface area contributed by atoms with Crippen molar-refractivity contribution in [2.24, 2.45) is 7.05 Å². The van der Waals surface area contributed by atoms with Crippen LogP contribution in [0.25, 0.3) is 11.2 Å². The number of imidazole rings is 1. The minimum Gasteiger partial charge on any atom is -0.312 e. The molecule has 0 fully saturated rings. The van der Waals surface area contributed by atoms with Crippen molar-refractivity contribution in [1.29, 1.82) is 0 Å². The fraction of sp³-hybridized carbons (Fsp3) is 0.385. The van der Waals surface area contributed by atoms with Gasteiger partial charge in [0.25, 0.3) is 0 Å². The molecular weight excluding hydrogens is 315 g/mol. The summed E-state index contributed by atoms with van der Waals surface area (Å²) >= 11 is 13.6. The minimum absolute atomic E-state index is 0.402. The highest BCUT2D eigenvalue weighted by Crippen LogP contribution is 2.24. The summed E-state index contributed by atoms with van der Waals surface area (Å²) in [5.74, 6) is 1.29. The van der Waals surface area contributed by atoms with E-state index in [-0.39, 0.29) is 0 Å². The molecule has 0 amide bonds. The van der Waals surface area contributed by atoms with Crippen LogP contribution >= 0.6 is 34.5 Å². The molecule has 0 spiro atoms. The van der Waals surface area contributed by atoms with Gasteiger partial charge in [-0.1, -0.05) is 11.6 Å². The van der Waals surface area contributed by atoms with Gasteiger partial charge in [0.2, 0.25) is 0 Å². The number of aryl methyl sites for hydroxylation is 4. The number of alkyl halides is 1. The third-order valence-electron chi connectivity index (χ3n) is 3.30. The second kappa shape index (κ2) is 5.39. The van der Waals surface area contributed by atoms with Gasteiger partial charge in [0.05, 0.1) is 15.9 Å². The van der Waals surface area contributed by atoms with Crippen molar-refractivity contribution in [3.8, 4) is 0 Å². The number of halogens is 2. The maximum Gasteiger partial charge on any atom is 0.158 e. The third-order valence-corrected chi connectivity index (χ3v) is 4.83.